The zero-order valence-corrected chi connectivity index (χ0v) is 12.4. The summed E-state index contributed by atoms with van der Waals surface area (Å²) < 4.78 is 62.3. The van der Waals surface area contributed by atoms with Crippen molar-refractivity contribution in [3.8, 4) is 0 Å². The molecule has 0 aliphatic rings. The number of aliphatic carboxylic acids is 1. The Hall–Kier alpha value is -1.32. The lowest BCUT2D eigenvalue weighted by Gasteiger charge is -2.22. The second-order valence-corrected chi connectivity index (χ2v) is 6.55. The standard InChI is InChI=1S/C11H11ClF3NO4S/c1-6(10(17)18)16(2)21(19,20)9-4-3-7(5-8(9)12)11(13,14)15/h3-6H,1-2H3,(H,17,18). The third-order valence-electron chi connectivity index (χ3n) is 2.82. The zero-order chi connectivity index (χ0) is 16.6. The second-order valence-electron chi connectivity index (χ2n) is 4.18. The van der Waals surface area contributed by atoms with Gasteiger partial charge >= 0.3 is 12.1 Å². The lowest BCUT2D eigenvalue weighted by atomic mass is 10.2. The van der Waals surface area contributed by atoms with Crippen molar-refractivity contribution in [3.05, 3.63) is 28.8 Å². The molecule has 1 rings (SSSR count). The summed E-state index contributed by atoms with van der Waals surface area (Å²) in [6.07, 6.45) is -4.66. The maximum Gasteiger partial charge on any atom is 0.416 e. The molecule has 10 heteroatoms. The van der Waals surface area contributed by atoms with Gasteiger partial charge in [0.25, 0.3) is 0 Å². The van der Waals surface area contributed by atoms with Crippen LogP contribution in [0.2, 0.25) is 5.02 Å². The first kappa shape index (κ1) is 17.7. The molecular formula is C11H11ClF3NO4S. The molecule has 1 atom stereocenters. The van der Waals surface area contributed by atoms with E-state index in [0.29, 0.717) is 22.5 Å². The van der Waals surface area contributed by atoms with Gasteiger partial charge in [-0.3, -0.25) is 4.79 Å². The molecule has 0 aromatic heterocycles. The molecule has 0 saturated heterocycles. The van der Waals surface area contributed by atoms with Crippen molar-refractivity contribution in [2.45, 2.75) is 24.0 Å². The minimum Gasteiger partial charge on any atom is -0.480 e. The van der Waals surface area contributed by atoms with Crippen LogP contribution in [0.1, 0.15) is 12.5 Å². The predicted octanol–water partition coefficient (Wildman–Crippen LogP) is 2.45. The second kappa shape index (κ2) is 5.82. The molecule has 0 fully saturated rings. The number of hydrogen-bond donors (Lipinski definition) is 1. The van der Waals surface area contributed by atoms with E-state index in [0.717, 1.165) is 14.0 Å². The number of hydrogen-bond acceptors (Lipinski definition) is 3. The molecule has 0 heterocycles. The van der Waals surface area contributed by atoms with Crippen molar-refractivity contribution in [2.75, 3.05) is 7.05 Å². The number of likely N-dealkylation sites (N-methyl/N-ethyl adjacent to an activating group) is 1. The summed E-state index contributed by atoms with van der Waals surface area (Å²) in [5.74, 6) is -1.40. The number of benzene rings is 1. The topological polar surface area (TPSA) is 74.7 Å². The van der Waals surface area contributed by atoms with Crippen LogP contribution in [0.3, 0.4) is 0 Å². The summed E-state index contributed by atoms with van der Waals surface area (Å²) in [6, 6.07) is 0.352. The van der Waals surface area contributed by atoms with Gasteiger partial charge in [-0.15, -0.1) is 0 Å². The smallest absolute Gasteiger partial charge is 0.416 e. The summed E-state index contributed by atoms with van der Waals surface area (Å²) >= 11 is 5.60. The lowest BCUT2D eigenvalue weighted by Crippen LogP contribution is -2.40. The van der Waals surface area contributed by atoms with Gasteiger partial charge in [-0.2, -0.15) is 17.5 Å². The minimum absolute atomic E-state index is 0.480. The van der Waals surface area contributed by atoms with Gasteiger partial charge in [-0.05, 0) is 25.1 Å². The van der Waals surface area contributed by atoms with Crippen LogP contribution in [0.15, 0.2) is 23.1 Å². The van der Waals surface area contributed by atoms with Crippen LogP contribution in [0.5, 0.6) is 0 Å². The molecule has 5 nitrogen and oxygen atoms in total. The van der Waals surface area contributed by atoms with Gasteiger partial charge in [0.05, 0.1) is 10.6 Å². The number of carbonyl (C=O) groups is 1. The summed E-state index contributed by atoms with van der Waals surface area (Å²) in [4.78, 5) is 10.2. The number of rotatable bonds is 4. The molecule has 0 bridgehead atoms. The highest BCUT2D eigenvalue weighted by Gasteiger charge is 2.34. The SMILES string of the molecule is CC(C(=O)O)N(C)S(=O)(=O)c1ccc(C(F)(F)F)cc1Cl. The number of carboxylic acids is 1. The largest absolute Gasteiger partial charge is 0.480 e. The monoisotopic (exact) mass is 345 g/mol. The fourth-order valence-electron chi connectivity index (χ4n) is 1.41. The van der Waals surface area contributed by atoms with Gasteiger partial charge in [0.2, 0.25) is 10.0 Å². The Bertz CT molecular complexity index is 660. The average Bonchev–Trinajstić information content (AvgIpc) is 2.35. The van der Waals surface area contributed by atoms with E-state index in [2.05, 4.69) is 0 Å². The quantitative estimate of drug-likeness (QED) is 0.909. The molecule has 0 radical (unpaired) electrons. The normalized spacial score (nSPS) is 14.2. The molecule has 1 N–H and O–H groups in total. The molecule has 0 amide bonds. The van der Waals surface area contributed by atoms with Crippen molar-refractivity contribution >= 4 is 27.6 Å². The first-order valence-electron chi connectivity index (χ1n) is 5.46. The van der Waals surface area contributed by atoms with Crippen LogP contribution in [0.25, 0.3) is 0 Å². The maximum absolute atomic E-state index is 12.5. The number of carboxylic acid groups (broad SMARTS) is 1. The summed E-state index contributed by atoms with van der Waals surface area (Å²) in [5.41, 5.74) is -1.10. The number of nitrogens with zero attached hydrogens (tertiary/aromatic N) is 1. The molecule has 0 aliphatic heterocycles. The van der Waals surface area contributed by atoms with Crippen molar-refractivity contribution in [3.63, 3.8) is 0 Å². The maximum atomic E-state index is 12.5. The van der Waals surface area contributed by atoms with E-state index >= 15 is 0 Å². The highest BCUT2D eigenvalue weighted by Crippen LogP contribution is 2.34. The third kappa shape index (κ3) is 3.66. The summed E-state index contributed by atoms with van der Waals surface area (Å²) in [7, 11) is -3.32. The van der Waals surface area contributed by atoms with Crippen LogP contribution in [-0.2, 0) is 21.0 Å². The number of alkyl halides is 3. The molecule has 0 saturated carbocycles. The van der Waals surface area contributed by atoms with Crippen LogP contribution in [0.4, 0.5) is 13.2 Å². The predicted molar refractivity (Wildman–Crippen MR) is 68.5 cm³/mol. The first-order valence-corrected chi connectivity index (χ1v) is 7.28. The van der Waals surface area contributed by atoms with Crippen molar-refractivity contribution in [1.82, 2.24) is 4.31 Å². The Morgan fingerprint density at radius 1 is 1.38 bits per heavy atom. The Morgan fingerprint density at radius 3 is 2.29 bits per heavy atom. The first-order chi connectivity index (χ1) is 9.39. The highest BCUT2D eigenvalue weighted by atomic mass is 35.5. The van der Waals surface area contributed by atoms with E-state index in [4.69, 9.17) is 16.7 Å². The molecule has 1 unspecified atom stereocenters. The number of halogens is 4. The van der Waals surface area contributed by atoms with Crippen molar-refractivity contribution in [1.29, 1.82) is 0 Å². The fourth-order valence-corrected chi connectivity index (χ4v) is 3.24. The highest BCUT2D eigenvalue weighted by molar-refractivity contribution is 7.89. The molecule has 0 spiro atoms. The Kier molecular flexibility index (Phi) is 4.91. The van der Waals surface area contributed by atoms with E-state index < -0.39 is 43.7 Å². The third-order valence-corrected chi connectivity index (χ3v) is 5.23. The van der Waals surface area contributed by atoms with Crippen LogP contribution in [0, 0.1) is 0 Å². The molecule has 1 aromatic carbocycles. The molecule has 118 valence electrons. The van der Waals surface area contributed by atoms with Crippen LogP contribution >= 0.6 is 11.6 Å². The van der Waals surface area contributed by atoms with E-state index in [1.807, 2.05) is 0 Å². The fraction of sp³-hybridized carbons (Fsp3) is 0.364. The summed E-state index contributed by atoms with van der Waals surface area (Å²) in [6.45, 7) is 1.12. The molecule has 0 aliphatic carbocycles. The van der Waals surface area contributed by atoms with E-state index in [1.165, 1.54) is 0 Å². The minimum atomic E-state index is -4.66. The average molecular weight is 346 g/mol. The van der Waals surface area contributed by atoms with Gasteiger partial charge in [0, 0.05) is 7.05 Å². The summed E-state index contributed by atoms with van der Waals surface area (Å²) in [5, 5.41) is 8.16. The Balaban J connectivity index is 3.31. The van der Waals surface area contributed by atoms with Gasteiger partial charge in [-0.1, -0.05) is 11.6 Å². The van der Waals surface area contributed by atoms with Crippen LogP contribution in [-0.4, -0.2) is 36.9 Å². The molecule has 1 aromatic rings. The van der Waals surface area contributed by atoms with Gasteiger partial charge in [0.15, 0.2) is 0 Å². The van der Waals surface area contributed by atoms with Crippen molar-refractivity contribution in [2.24, 2.45) is 0 Å². The Morgan fingerprint density at radius 2 is 1.90 bits per heavy atom. The van der Waals surface area contributed by atoms with Crippen molar-refractivity contribution < 1.29 is 31.5 Å². The molecule has 21 heavy (non-hydrogen) atoms. The lowest BCUT2D eigenvalue weighted by molar-refractivity contribution is -0.140. The van der Waals surface area contributed by atoms with E-state index in [-0.39, 0.29) is 0 Å². The van der Waals surface area contributed by atoms with Crippen LogP contribution < -0.4 is 0 Å². The van der Waals surface area contributed by atoms with Gasteiger partial charge in [0.1, 0.15) is 10.9 Å². The van der Waals surface area contributed by atoms with E-state index in [1.54, 1.807) is 0 Å². The molecular weight excluding hydrogens is 335 g/mol. The van der Waals surface area contributed by atoms with Gasteiger partial charge < -0.3 is 5.11 Å². The van der Waals surface area contributed by atoms with Gasteiger partial charge in [-0.25, -0.2) is 8.42 Å². The van der Waals surface area contributed by atoms with E-state index in [9.17, 15) is 26.4 Å². The zero-order valence-electron chi connectivity index (χ0n) is 10.8. The Labute approximate surface area is 124 Å². The number of sulfonamides is 1.